The van der Waals surface area contributed by atoms with Gasteiger partial charge in [-0.25, -0.2) is 0 Å². The number of amides is 2. The summed E-state index contributed by atoms with van der Waals surface area (Å²) < 4.78 is 0. The smallest absolute Gasteiger partial charge is 0.245 e. The molecule has 0 aliphatic carbocycles. The molecule has 0 aromatic heterocycles. The van der Waals surface area contributed by atoms with E-state index in [-0.39, 0.29) is 29.3 Å². The molecule has 3 rings (SSSR count). The standard InChI is InChI=1S/C19H26N2O2/c1-19(2,3)14-8-6-13(7-9-14)16-5-4-12-21(16)18(23)15-10-11-17(22)20-15/h6-9,15-16H,4-5,10-12H2,1-3H3,(H,20,22)/t15-,16-/m1/s1. The van der Waals surface area contributed by atoms with Gasteiger partial charge in [-0.3, -0.25) is 9.59 Å². The quantitative estimate of drug-likeness (QED) is 0.912. The number of nitrogens with zero attached hydrogens (tertiary/aromatic N) is 1. The Labute approximate surface area is 138 Å². The summed E-state index contributed by atoms with van der Waals surface area (Å²) in [6.45, 7) is 7.40. The maximum absolute atomic E-state index is 12.7. The first-order valence-corrected chi connectivity index (χ1v) is 8.56. The molecule has 2 atom stereocenters. The fourth-order valence-corrected chi connectivity index (χ4v) is 3.58. The van der Waals surface area contributed by atoms with Crippen LogP contribution in [0.3, 0.4) is 0 Å². The van der Waals surface area contributed by atoms with Crippen LogP contribution in [0.5, 0.6) is 0 Å². The average molecular weight is 314 g/mol. The third kappa shape index (κ3) is 3.26. The molecule has 2 aliphatic heterocycles. The number of carbonyl (C=O) groups excluding carboxylic acids is 2. The van der Waals surface area contributed by atoms with E-state index < -0.39 is 0 Å². The third-order valence-electron chi connectivity index (χ3n) is 4.99. The number of likely N-dealkylation sites (tertiary alicyclic amines) is 1. The predicted octanol–water partition coefficient (Wildman–Crippen LogP) is 2.93. The zero-order chi connectivity index (χ0) is 16.6. The maximum atomic E-state index is 12.7. The second-order valence-corrected chi connectivity index (χ2v) is 7.72. The highest BCUT2D eigenvalue weighted by Gasteiger charge is 2.36. The number of carbonyl (C=O) groups is 2. The molecule has 0 bridgehead atoms. The number of benzene rings is 1. The Kier molecular flexibility index (Phi) is 4.17. The minimum absolute atomic E-state index is 0.00590. The molecule has 0 saturated carbocycles. The van der Waals surface area contributed by atoms with Crippen LogP contribution in [-0.2, 0) is 15.0 Å². The van der Waals surface area contributed by atoms with Crippen LogP contribution in [0, 0.1) is 0 Å². The van der Waals surface area contributed by atoms with Gasteiger partial charge in [0.2, 0.25) is 11.8 Å². The molecule has 2 saturated heterocycles. The average Bonchev–Trinajstić information content (AvgIpc) is 3.14. The molecule has 2 fully saturated rings. The molecular weight excluding hydrogens is 288 g/mol. The Morgan fingerprint density at radius 3 is 2.43 bits per heavy atom. The van der Waals surface area contributed by atoms with Crippen LogP contribution in [0.4, 0.5) is 0 Å². The highest BCUT2D eigenvalue weighted by molar-refractivity contribution is 5.91. The van der Waals surface area contributed by atoms with Crippen molar-refractivity contribution in [1.82, 2.24) is 10.2 Å². The van der Waals surface area contributed by atoms with E-state index in [1.165, 1.54) is 11.1 Å². The summed E-state index contributed by atoms with van der Waals surface area (Å²) in [6, 6.07) is 8.49. The van der Waals surface area contributed by atoms with Crippen molar-refractivity contribution in [1.29, 1.82) is 0 Å². The SMILES string of the molecule is CC(C)(C)c1ccc([C@H]2CCCN2C(=O)[C@H]2CCC(=O)N2)cc1. The van der Waals surface area contributed by atoms with Crippen LogP contribution in [0.2, 0.25) is 0 Å². The molecule has 2 heterocycles. The van der Waals surface area contributed by atoms with Crippen molar-refractivity contribution in [3.8, 4) is 0 Å². The molecule has 0 spiro atoms. The molecule has 4 heteroatoms. The van der Waals surface area contributed by atoms with Gasteiger partial charge in [-0.1, -0.05) is 45.0 Å². The van der Waals surface area contributed by atoms with Gasteiger partial charge in [-0.15, -0.1) is 0 Å². The zero-order valence-electron chi connectivity index (χ0n) is 14.3. The minimum atomic E-state index is -0.322. The predicted molar refractivity (Wildman–Crippen MR) is 90.0 cm³/mol. The van der Waals surface area contributed by atoms with Crippen LogP contribution in [-0.4, -0.2) is 29.3 Å². The summed E-state index contributed by atoms with van der Waals surface area (Å²) in [5, 5.41) is 2.80. The van der Waals surface area contributed by atoms with Gasteiger partial charge in [0.25, 0.3) is 0 Å². The van der Waals surface area contributed by atoms with Gasteiger partial charge in [0.1, 0.15) is 6.04 Å². The molecular formula is C19H26N2O2. The molecule has 124 valence electrons. The lowest BCUT2D eigenvalue weighted by atomic mass is 9.86. The first-order chi connectivity index (χ1) is 10.9. The second-order valence-electron chi connectivity index (χ2n) is 7.72. The topological polar surface area (TPSA) is 49.4 Å². The molecule has 1 aromatic carbocycles. The fraction of sp³-hybridized carbons (Fsp3) is 0.579. The van der Waals surface area contributed by atoms with Gasteiger partial charge >= 0.3 is 0 Å². The summed E-state index contributed by atoms with van der Waals surface area (Å²) >= 11 is 0. The maximum Gasteiger partial charge on any atom is 0.245 e. The molecule has 2 aliphatic rings. The molecule has 1 aromatic rings. The third-order valence-corrected chi connectivity index (χ3v) is 4.99. The van der Waals surface area contributed by atoms with E-state index in [2.05, 4.69) is 50.4 Å². The Hall–Kier alpha value is -1.84. The summed E-state index contributed by atoms with van der Waals surface area (Å²) in [7, 11) is 0. The Balaban J connectivity index is 1.76. The Morgan fingerprint density at radius 1 is 1.17 bits per heavy atom. The van der Waals surface area contributed by atoms with Crippen molar-refractivity contribution >= 4 is 11.8 Å². The molecule has 4 nitrogen and oxygen atoms in total. The molecule has 0 radical (unpaired) electrons. The molecule has 23 heavy (non-hydrogen) atoms. The highest BCUT2D eigenvalue weighted by atomic mass is 16.2. The van der Waals surface area contributed by atoms with Crippen LogP contribution in [0.15, 0.2) is 24.3 Å². The summed E-state index contributed by atoms with van der Waals surface area (Å²) in [4.78, 5) is 26.0. The van der Waals surface area contributed by atoms with Gasteiger partial charge in [0, 0.05) is 13.0 Å². The Morgan fingerprint density at radius 2 is 1.87 bits per heavy atom. The summed E-state index contributed by atoms with van der Waals surface area (Å²) in [6.07, 6.45) is 3.12. The van der Waals surface area contributed by atoms with Gasteiger partial charge in [-0.2, -0.15) is 0 Å². The van der Waals surface area contributed by atoms with Crippen LogP contribution >= 0.6 is 0 Å². The highest BCUT2D eigenvalue weighted by Crippen LogP contribution is 2.34. The number of hydrogen-bond donors (Lipinski definition) is 1. The Bertz CT molecular complexity index is 601. The monoisotopic (exact) mass is 314 g/mol. The van der Waals surface area contributed by atoms with E-state index in [9.17, 15) is 9.59 Å². The van der Waals surface area contributed by atoms with Crippen LogP contribution in [0.25, 0.3) is 0 Å². The summed E-state index contributed by atoms with van der Waals surface area (Å²) in [5.74, 6) is 0.0758. The fourth-order valence-electron chi connectivity index (χ4n) is 3.58. The van der Waals surface area contributed by atoms with Gasteiger partial charge < -0.3 is 10.2 Å². The van der Waals surface area contributed by atoms with Crippen molar-refractivity contribution in [2.75, 3.05) is 6.54 Å². The van der Waals surface area contributed by atoms with Crippen LogP contribution < -0.4 is 5.32 Å². The van der Waals surface area contributed by atoms with Gasteiger partial charge in [0.15, 0.2) is 0 Å². The summed E-state index contributed by atoms with van der Waals surface area (Å²) in [5.41, 5.74) is 2.64. The largest absolute Gasteiger partial charge is 0.344 e. The van der Waals surface area contributed by atoms with E-state index in [0.717, 1.165) is 19.4 Å². The first kappa shape index (κ1) is 16.0. The lowest BCUT2D eigenvalue weighted by molar-refractivity contribution is -0.135. The van der Waals surface area contributed by atoms with Crippen molar-refractivity contribution in [2.24, 2.45) is 0 Å². The number of nitrogens with one attached hydrogen (secondary N) is 1. The second kappa shape index (κ2) is 5.99. The first-order valence-electron chi connectivity index (χ1n) is 8.56. The number of hydrogen-bond acceptors (Lipinski definition) is 2. The van der Waals surface area contributed by atoms with E-state index in [0.29, 0.717) is 12.8 Å². The van der Waals surface area contributed by atoms with Crippen molar-refractivity contribution in [3.05, 3.63) is 35.4 Å². The van der Waals surface area contributed by atoms with Crippen molar-refractivity contribution in [3.63, 3.8) is 0 Å². The van der Waals surface area contributed by atoms with Gasteiger partial charge in [-0.05, 0) is 35.8 Å². The van der Waals surface area contributed by atoms with E-state index in [1.807, 2.05) is 4.90 Å². The zero-order valence-corrected chi connectivity index (χ0v) is 14.3. The number of rotatable bonds is 2. The van der Waals surface area contributed by atoms with E-state index >= 15 is 0 Å². The van der Waals surface area contributed by atoms with Crippen molar-refractivity contribution in [2.45, 2.75) is 64.0 Å². The van der Waals surface area contributed by atoms with Crippen LogP contribution in [0.1, 0.15) is 63.6 Å². The van der Waals surface area contributed by atoms with Crippen molar-refractivity contribution < 1.29 is 9.59 Å². The lowest BCUT2D eigenvalue weighted by Crippen LogP contribution is -2.44. The van der Waals surface area contributed by atoms with E-state index in [4.69, 9.17) is 0 Å². The molecule has 0 unspecified atom stereocenters. The lowest BCUT2D eigenvalue weighted by Gasteiger charge is -2.28. The molecule has 2 amide bonds. The van der Waals surface area contributed by atoms with Gasteiger partial charge in [0.05, 0.1) is 6.04 Å². The van der Waals surface area contributed by atoms with E-state index in [1.54, 1.807) is 0 Å². The minimum Gasteiger partial charge on any atom is -0.344 e. The normalized spacial score (nSPS) is 24.8. The molecule has 1 N–H and O–H groups in total.